The maximum absolute atomic E-state index is 13.0. The molecule has 18 nitrogen and oxygen atoms in total. The number of carbonyl (C=O) groups is 5. The van der Waals surface area contributed by atoms with Crippen LogP contribution in [-0.2, 0) is 21.4 Å². The molecule has 0 atom stereocenters. The molecule has 1 saturated carbocycles. The number of piperazine rings is 1. The predicted octanol–water partition coefficient (Wildman–Crippen LogP) is 4.49. The Bertz CT molecular complexity index is 2430. The van der Waals surface area contributed by atoms with Crippen LogP contribution < -0.4 is 25.6 Å². The lowest BCUT2D eigenvalue weighted by Gasteiger charge is -2.34. The molecule has 1 aliphatic heterocycles. The molecule has 1 saturated heterocycles. The molecule has 340 valence electrons. The Balaban J connectivity index is 0.775. The molecule has 0 spiro atoms. The second kappa shape index (κ2) is 21.2. The van der Waals surface area contributed by atoms with E-state index >= 15 is 0 Å². The van der Waals surface area contributed by atoms with Gasteiger partial charge in [-0.25, -0.2) is 4.98 Å². The van der Waals surface area contributed by atoms with Gasteiger partial charge < -0.3 is 35.1 Å². The SMILES string of the molecule is CNC(=O)CCN(C=O)c1nn(C)c2cc(OCC(=O)N3CCN(CCCCCCNC(=O)c4ccc(Nc5ncc6cc(C(=O)N(C)C)n(C7CCCC7)c6n5)cc4)CC3)ccc12. The van der Waals surface area contributed by atoms with Gasteiger partial charge in [0, 0.05) is 114 Å². The van der Waals surface area contributed by atoms with Gasteiger partial charge in [-0.2, -0.15) is 10.1 Å². The van der Waals surface area contributed by atoms with Gasteiger partial charge in [0.25, 0.3) is 17.7 Å². The number of anilines is 3. The Labute approximate surface area is 373 Å². The smallest absolute Gasteiger partial charge is 0.270 e. The van der Waals surface area contributed by atoms with E-state index in [1.165, 1.54) is 4.90 Å². The molecule has 5 aromatic rings. The summed E-state index contributed by atoms with van der Waals surface area (Å²) in [6.07, 6.45) is 10.9. The summed E-state index contributed by atoms with van der Waals surface area (Å²) in [5.41, 5.74) is 3.46. The minimum atomic E-state index is -0.167. The van der Waals surface area contributed by atoms with E-state index < -0.39 is 0 Å². The summed E-state index contributed by atoms with van der Waals surface area (Å²) in [7, 11) is 6.85. The van der Waals surface area contributed by atoms with E-state index in [4.69, 9.17) is 9.72 Å². The molecule has 2 aliphatic rings. The fourth-order valence-electron chi connectivity index (χ4n) is 8.48. The zero-order valence-corrected chi connectivity index (χ0v) is 37.3. The number of aromatic nitrogens is 5. The number of rotatable bonds is 20. The highest BCUT2D eigenvalue weighted by atomic mass is 16.5. The van der Waals surface area contributed by atoms with Crippen molar-refractivity contribution in [3.05, 3.63) is 66.0 Å². The molecule has 4 heterocycles. The van der Waals surface area contributed by atoms with Gasteiger partial charge >= 0.3 is 0 Å². The first-order valence-corrected chi connectivity index (χ1v) is 22.3. The third-order valence-electron chi connectivity index (χ3n) is 12.1. The first kappa shape index (κ1) is 45.5. The molecule has 18 heteroatoms. The number of aryl methyl sites for hydroxylation is 1. The fraction of sp³-hybridized carbons (Fsp3) is 0.478. The molecule has 3 N–H and O–H groups in total. The Hall–Kier alpha value is -6.56. The number of amides is 5. The van der Waals surface area contributed by atoms with Crippen LogP contribution in [0.4, 0.5) is 17.5 Å². The van der Waals surface area contributed by atoms with Crippen molar-refractivity contribution in [3.8, 4) is 5.75 Å². The van der Waals surface area contributed by atoms with Crippen molar-refractivity contribution in [2.45, 2.75) is 63.8 Å². The Morgan fingerprint density at radius 1 is 0.938 bits per heavy atom. The second-order valence-corrected chi connectivity index (χ2v) is 16.7. The summed E-state index contributed by atoms with van der Waals surface area (Å²) in [5.74, 6) is 1.02. The van der Waals surface area contributed by atoms with Gasteiger partial charge in [0.1, 0.15) is 17.1 Å². The van der Waals surface area contributed by atoms with Gasteiger partial charge in [-0.1, -0.05) is 25.7 Å². The minimum absolute atomic E-state index is 0.0473. The highest BCUT2D eigenvalue weighted by molar-refractivity contribution is 5.98. The van der Waals surface area contributed by atoms with Crippen LogP contribution in [0.5, 0.6) is 5.75 Å². The van der Waals surface area contributed by atoms with Crippen LogP contribution in [0, 0.1) is 0 Å². The molecule has 1 aliphatic carbocycles. The zero-order chi connectivity index (χ0) is 45.2. The molecular formula is C46H60N12O6. The van der Waals surface area contributed by atoms with Crippen molar-refractivity contribution < 1.29 is 28.7 Å². The third kappa shape index (κ3) is 11.0. The molecular weight excluding hydrogens is 817 g/mol. The maximum atomic E-state index is 13.0. The maximum Gasteiger partial charge on any atom is 0.270 e. The summed E-state index contributed by atoms with van der Waals surface area (Å²) >= 11 is 0. The Morgan fingerprint density at radius 3 is 2.41 bits per heavy atom. The highest BCUT2D eigenvalue weighted by Crippen LogP contribution is 2.35. The predicted molar refractivity (Wildman–Crippen MR) is 245 cm³/mol. The molecule has 0 unspecified atom stereocenters. The lowest BCUT2D eigenvalue weighted by molar-refractivity contribution is -0.135. The molecule has 64 heavy (non-hydrogen) atoms. The monoisotopic (exact) mass is 876 g/mol. The van der Waals surface area contributed by atoms with E-state index in [9.17, 15) is 24.0 Å². The molecule has 3 aromatic heterocycles. The topological polar surface area (TPSA) is 192 Å². The van der Waals surface area contributed by atoms with Gasteiger partial charge in [0.15, 0.2) is 12.4 Å². The molecule has 7 rings (SSSR count). The third-order valence-corrected chi connectivity index (χ3v) is 12.1. The fourth-order valence-corrected chi connectivity index (χ4v) is 8.48. The number of hydrogen-bond acceptors (Lipinski definition) is 11. The van der Waals surface area contributed by atoms with Crippen molar-refractivity contribution in [1.29, 1.82) is 0 Å². The van der Waals surface area contributed by atoms with Crippen molar-refractivity contribution in [1.82, 2.24) is 49.6 Å². The number of benzene rings is 2. The van der Waals surface area contributed by atoms with E-state index in [1.807, 2.05) is 29.2 Å². The minimum Gasteiger partial charge on any atom is -0.484 e. The van der Waals surface area contributed by atoms with Crippen LogP contribution in [0.15, 0.2) is 54.7 Å². The first-order valence-electron chi connectivity index (χ1n) is 22.3. The molecule has 0 radical (unpaired) electrons. The second-order valence-electron chi connectivity index (χ2n) is 16.7. The summed E-state index contributed by atoms with van der Waals surface area (Å²) in [6, 6.07) is 14.7. The normalized spacial score (nSPS) is 14.5. The molecule has 0 bridgehead atoms. The highest BCUT2D eigenvalue weighted by Gasteiger charge is 2.27. The van der Waals surface area contributed by atoms with Crippen molar-refractivity contribution in [2.75, 3.05) is 83.8 Å². The standard InChI is InChI=1S/C46H60N12O6/c1-47-40(60)19-22-57(31-59)43-37-18-17-36(28-38(37)54(4)52-43)64-30-41(61)56-25-23-55(24-26-56)21-10-6-5-9-20-48-44(62)32-13-15-34(16-14-32)50-46-49-29-33-27-39(45(63)53(2)3)58(42(33)51-46)35-11-7-8-12-35/h13-18,27-29,31,35H,5-12,19-26,30H2,1-4H3,(H,47,60)(H,48,62)(H,49,50,51). The number of unbranched alkanes of at least 4 members (excludes halogenated alkanes) is 3. The van der Waals surface area contributed by atoms with Gasteiger partial charge in [-0.15, -0.1) is 0 Å². The van der Waals surface area contributed by atoms with Gasteiger partial charge in [-0.05, 0) is 74.7 Å². The van der Waals surface area contributed by atoms with E-state index in [2.05, 4.69) is 35.5 Å². The molecule has 2 aromatic carbocycles. The van der Waals surface area contributed by atoms with Crippen LogP contribution in [-0.4, -0.2) is 143 Å². The zero-order valence-electron chi connectivity index (χ0n) is 37.3. The van der Waals surface area contributed by atoms with E-state index in [0.29, 0.717) is 54.8 Å². The summed E-state index contributed by atoms with van der Waals surface area (Å²) in [5, 5.41) is 14.9. The number of nitrogens with one attached hydrogen (secondary N) is 3. The molecule has 2 fully saturated rings. The van der Waals surface area contributed by atoms with Crippen molar-refractivity contribution >= 4 is 69.4 Å². The van der Waals surface area contributed by atoms with Gasteiger partial charge in [-0.3, -0.25) is 38.5 Å². The van der Waals surface area contributed by atoms with E-state index in [1.54, 1.807) is 68.2 Å². The number of fused-ring (bicyclic) bond motifs is 2. The van der Waals surface area contributed by atoms with Crippen LogP contribution >= 0.6 is 0 Å². The van der Waals surface area contributed by atoms with E-state index in [-0.39, 0.29) is 49.2 Å². The number of hydrogen-bond donors (Lipinski definition) is 3. The van der Waals surface area contributed by atoms with Crippen LogP contribution in [0.3, 0.4) is 0 Å². The van der Waals surface area contributed by atoms with Crippen molar-refractivity contribution in [3.63, 3.8) is 0 Å². The lowest BCUT2D eigenvalue weighted by Crippen LogP contribution is -2.50. The largest absolute Gasteiger partial charge is 0.484 e. The molecule has 5 amide bonds. The average Bonchev–Trinajstić information content (AvgIpc) is 4.06. The van der Waals surface area contributed by atoms with Crippen LogP contribution in [0.2, 0.25) is 0 Å². The Morgan fingerprint density at radius 2 is 1.69 bits per heavy atom. The first-order chi connectivity index (χ1) is 31.0. The lowest BCUT2D eigenvalue weighted by atomic mass is 10.1. The van der Waals surface area contributed by atoms with E-state index in [0.717, 1.165) is 98.6 Å². The number of carbonyl (C=O) groups excluding carboxylic acids is 5. The summed E-state index contributed by atoms with van der Waals surface area (Å²) < 4.78 is 9.63. The van der Waals surface area contributed by atoms with Crippen LogP contribution in [0.1, 0.15) is 84.7 Å². The quantitative estimate of drug-likeness (QED) is 0.0738. The summed E-state index contributed by atoms with van der Waals surface area (Å²) in [4.78, 5) is 79.0. The van der Waals surface area contributed by atoms with Gasteiger partial charge in [0.2, 0.25) is 18.3 Å². The van der Waals surface area contributed by atoms with Crippen LogP contribution in [0.25, 0.3) is 21.9 Å². The summed E-state index contributed by atoms with van der Waals surface area (Å²) in [6.45, 7) is 4.61. The number of nitrogens with zero attached hydrogens (tertiary/aromatic N) is 9. The average molecular weight is 877 g/mol. The Kier molecular flexibility index (Phi) is 15.1. The number of ether oxygens (including phenoxy) is 1. The van der Waals surface area contributed by atoms with Crippen molar-refractivity contribution in [2.24, 2.45) is 7.05 Å². The van der Waals surface area contributed by atoms with Gasteiger partial charge in [0.05, 0.1) is 5.52 Å².